The Balaban J connectivity index is 1.56. The van der Waals surface area contributed by atoms with Crippen LogP contribution >= 0.6 is 0 Å². The molecule has 234 valence electrons. The summed E-state index contributed by atoms with van der Waals surface area (Å²) in [6, 6.07) is 13.1. The number of amides is 1. The molecular weight excluding hydrogens is 599 g/mol. The molecule has 3 aromatic carbocycles. The molecule has 2 heterocycles. The van der Waals surface area contributed by atoms with Crippen molar-refractivity contribution in [1.82, 2.24) is 14.6 Å². The van der Waals surface area contributed by atoms with Crippen molar-refractivity contribution in [2.45, 2.75) is 13.1 Å². The fourth-order valence-electron chi connectivity index (χ4n) is 4.64. The van der Waals surface area contributed by atoms with Crippen LogP contribution in [0.15, 0.2) is 70.6 Å². The lowest BCUT2D eigenvalue weighted by molar-refractivity contribution is -0.385. The molecule has 0 spiro atoms. The van der Waals surface area contributed by atoms with Gasteiger partial charge in [-0.1, -0.05) is 24.3 Å². The Morgan fingerprint density at radius 3 is 2.58 bits per heavy atom. The molecule has 1 saturated heterocycles. The maximum absolute atomic E-state index is 13.5. The smallest absolute Gasteiger partial charge is 0.416 e. The minimum atomic E-state index is -4.65. The highest BCUT2D eigenvalue weighted by molar-refractivity contribution is 5.85. The van der Waals surface area contributed by atoms with Crippen molar-refractivity contribution >= 4 is 28.7 Å². The zero-order chi connectivity index (χ0) is 32.1. The summed E-state index contributed by atoms with van der Waals surface area (Å²) in [6.45, 7) is 2.74. The molecule has 12 nitrogen and oxygen atoms in total. The number of para-hydroxylation sites is 1. The number of hydrogen-bond acceptors (Lipinski definition) is 9. The molecule has 4 aromatic rings. The number of halogens is 3. The van der Waals surface area contributed by atoms with Crippen LogP contribution < -0.4 is 15.0 Å². The Hall–Kier alpha value is -5.31. The van der Waals surface area contributed by atoms with Crippen molar-refractivity contribution in [3.63, 3.8) is 0 Å². The van der Waals surface area contributed by atoms with Crippen molar-refractivity contribution < 1.29 is 37.1 Å². The Kier molecular flexibility index (Phi) is 9.08. The van der Waals surface area contributed by atoms with Crippen molar-refractivity contribution in [3.05, 3.63) is 92.3 Å². The summed E-state index contributed by atoms with van der Waals surface area (Å²) < 4.78 is 57.7. The predicted octanol–water partition coefficient (Wildman–Crippen LogP) is 4.51. The molecule has 45 heavy (non-hydrogen) atoms. The lowest BCUT2D eigenvalue weighted by Crippen LogP contribution is -2.43. The van der Waals surface area contributed by atoms with Crippen LogP contribution in [0.25, 0.3) is 22.3 Å². The maximum Gasteiger partial charge on any atom is 0.416 e. The van der Waals surface area contributed by atoms with E-state index in [1.54, 1.807) is 25.1 Å². The van der Waals surface area contributed by atoms with Gasteiger partial charge in [-0.05, 0) is 37.3 Å². The second-order valence-corrected chi connectivity index (χ2v) is 9.73. The van der Waals surface area contributed by atoms with Crippen LogP contribution in [0.1, 0.15) is 18.1 Å². The van der Waals surface area contributed by atoms with Crippen LogP contribution in [0.2, 0.25) is 0 Å². The number of benzene rings is 3. The molecule has 5 rings (SSSR count). The van der Waals surface area contributed by atoms with Gasteiger partial charge >= 0.3 is 11.9 Å². The molecule has 0 radical (unpaired) electrons. The molecule has 1 amide bonds. The normalized spacial score (nSPS) is 13.7. The largest absolute Gasteiger partial charge is 0.490 e. The first kappa shape index (κ1) is 31.1. The van der Waals surface area contributed by atoms with Crippen LogP contribution in [-0.2, 0) is 15.7 Å². The van der Waals surface area contributed by atoms with Gasteiger partial charge in [-0.25, -0.2) is 4.98 Å². The Morgan fingerprint density at radius 2 is 1.87 bits per heavy atom. The third-order valence-corrected chi connectivity index (χ3v) is 6.78. The number of fused-ring (bicyclic) bond motifs is 1. The number of carbonyl (C=O) groups is 1. The lowest BCUT2D eigenvalue weighted by Gasteiger charge is -2.26. The van der Waals surface area contributed by atoms with Gasteiger partial charge in [-0.15, -0.1) is 0 Å². The number of nitro benzene ring substituents is 1. The van der Waals surface area contributed by atoms with Gasteiger partial charge in [-0.3, -0.25) is 19.7 Å². The van der Waals surface area contributed by atoms with Gasteiger partial charge in [0.2, 0.25) is 5.75 Å². The Morgan fingerprint density at radius 1 is 1.11 bits per heavy atom. The summed E-state index contributed by atoms with van der Waals surface area (Å²) in [6.07, 6.45) is -3.53. The van der Waals surface area contributed by atoms with E-state index < -0.39 is 34.5 Å². The summed E-state index contributed by atoms with van der Waals surface area (Å²) in [5.74, 6) is -0.882. The zero-order valence-electron chi connectivity index (χ0n) is 23.8. The number of morpholine rings is 1. The van der Waals surface area contributed by atoms with E-state index in [0.29, 0.717) is 26.3 Å². The molecule has 0 N–H and O–H groups in total. The Bertz CT molecular complexity index is 1840. The van der Waals surface area contributed by atoms with Gasteiger partial charge in [0.1, 0.15) is 0 Å². The van der Waals surface area contributed by atoms with E-state index in [2.05, 4.69) is 10.1 Å². The topological polar surface area (TPSA) is 138 Å². The average Bonchev–Trinajstić information content (AvgIpc) is 3.03. The molecule has 1 fully saturated rings. The fourth-order valence-corrected chi connectivity index (χ4v) is 4.64. The predicted molar refractivity (Wildman–Crippen MR) is 157 cm³/mol. The quantitative estimate of drug-likeness (QED) is 0.151. The summed E-state index contributed by atoms with van der Waals surface area (Å²) in [5, 5.41) is 16.4. The number of aromatic nitrogens is 2. The van der Waals surface area contributed by atoms with Crippen LogP contribution in [0.3, 0.4) is 0 Å². The van der Waals surface area contributed by atoms with Crippen LogP contribution in [0, 0.1) is 10.1 Å². The zero-order valence-corrected chi connectivity index (χ0v) is 23.8. The van der Waals surface area contributed by atoms with Crippen LogP contribution in [0.4, 0.5) is 18.9 Å². The molecule has 0 saturated carbocycles. The highest BCUT2D eigenvalue weighted by Crippen LogP contribution is 2.38. The molecule has 15 heteroatoms. The van der Waals surface area contributed by atoms with Crippen molar-refractivity contribution in [2.24, 2.45) is 5.10 Å². The summed E-state index contributed by atoms with van der Waals surface area (Å²) in [7, 11) is 0. The van der Waals surface area contributed by atoms with Crippen molar-refractivity contribution in [3.8, 4) is 22.9 Å². The first-order valence-electron chi connectivity index (χ1n) is 13.7. The minimum absolute atomic E-state index is 0.0282. The molecule has 0 aliphatic carbocycles. The van der Waals surface area contributed by atoms with E-state index in [-0.39, 0.29) is 51.9 Å². The monoisotopic (exact) mass is 625 g/mol. The highest BCUT2D eigenvalue weighted by atomic mass is 19.4. The van der Waals surface area contributed by atoms with E-state index in [9.17, 15) is 32.9 Å². The van der Waals surface area contributed by atoms with Gasteiger partial charge in [0.25, 0.3) is 11.5 Å². The van der Waals surface area contributed by atoms with Crippen molar-refractivity contribution in [2.75, 3.05) is 39.5 Å². The number of carbonyl (C=O) groups excluding carboxylic acids is 1. The van der Waals surface area contributed by atoms with Crippen LogP contribution in [-0.4, -0.2) is 71.1 Å². The maximum atomic E-state index is 13.5. The van der Waals surface area contributed by atoms with E-state index in [1.165, 1.54) is 29.2 Å². The lowest BCUT2D eigenvalue weighted by atomic mass is 10.1. The number of hydrogen-bond donors (Lipinski definition) is 0. The number of alkyl halides is 3. The summed E-state index contributed by atoms with van der Waals surface area (Å²) in [5.41, 5.74) is -1.84. The third kappa shape index (κ3) is 6.93. The minimum Gasteiger partial charge on any atom is -0.490 e. The van der Waals surface area contributed by atoms with Gasteiger partial charge in [0, 0.05) is 30.3 Å². The molecule has 0 unspecified atom stereocenters. The standard InChI is InChI=1S/C30H26F3N5O7/c1-2-44-25-15-19(14-24(38(41)42)27(25)45-18-26(39)36-10-12-43-13-11-36)17-34-37-28(20-6-5-7-21(16-20)30(31,32)33)35-23-9-4-3-8-22(23)29(37)40/h3-9,14-17H,2,10-13,18H2,1H3. The summed E-state index contributed by atoms with van der Waals surface area (Å²) in [4.78, 5) is 43.4. The molecule has 1 aliphatic rings. The molecule has 1 aliphatic heterocycles. The van der Waals surface area contributed by atoms with E-state index in [1.807, 2.05) is 0 Å². The van der Waals surface area contributed by atoms with Gasteiger partial charge in [-0.2, -0.15) is 22.9 Å². The van der Waals surface area contributed by atoms with E-state index in [4.69, 9.17) is 14.2 Å². The molecule has 0 bridgehead atoms. The first-order valence-corrected chi connectivity index (χ1v) is 13.7. The van der Waals surface area contributed by atoms with E-state index >= 15 is 0 Å². The number of rotatable bonds is 9. The van der Waals surface area contributed by atoms with Crippen molar-refractivity contribution in [1.29, 1.82) is 0 Å². The molecule has 1 aromatic heterocycles. The average molecular weight is 626 g/mol. The molecular formula is C30H26F3N5O7. The summed E-state index contributed by atoms with van der Waals surface area (Å²) >= 11 is 0. The third-order valence-electron chi connectivity index (χ3n) is 6.78. The SMILES string of the molecule is CCOc1cc(C=Nn2c(-c3cccc(C(F)(F)F)c3)nc3ccccc3c2=O)cc([N+](=O)[O-])c1OCC(=O)N1CCOCC1. The van der Waals surface area contributed by atoms with E-state index in [0.717, 1.165) is 29.1 Å². The van der Waals surface area contributed by atoms with Gasteiger partial charge in [0.05, 0.1) is 47.4 Å². The Labute approximate surface area is 253 Å². The molecule has 0 atom stereocenters. The number of ether oxygens (including phenoxy) is 3. The highest BCUT2D eigenvalue weighted by Gasteiger charge is 2.31. The second kappa shape index (κ2) is 13.1. The van der Waals surface area contributed by atoms with Gasteiger partial charge < -0.3 is 19.1 Å². The fraction of sp³-hybridized carbons (Fsp3) is 0.267. The first-order chi connectivity index (χ1) is 21.6. The van der Waals surface area contributed by atoms with Gasteiger partial charge in [0.15, 0.2) is 18.2 Å². The van der Waals surface area contributed by atoms with Crippen LogP contribution in [0.5, 0.6) is 11.5 Å². The number of nitrogens with zero attached hydrogens (tertiary/aromatic N) is 5. The second-order valence-electron chi connectivity index (χ2n) is 9.73. The number of nitro groups is 1.